The maximum absolute atomic E-state index is 11.7. The molecule has 0 saturated heterocycles. The van der Waals surface area contributed by atoms with Crippen LogP contribution >= 0.6 is 0 Å². The van der Waals surface area contributed by atoms with Gasteiger partial charge in [0.2, 0.25) is 0 Å². The number of aliphatic carboxylic acids is 1. The van der Waals surface area contributed by atoms with Crippen LogP contribution in [0.1, 0.15) is 18.4 Å². The van der Waals surface area contributed by atoms with Gasteiger partial charge in [-0.25, -0.2) is 4.79 Å². The van der Waals surface area contributed by atoms with E-state index < -0.39 is 18.0 Å². The van der Waals surface area contributed by atoms with Crippen LogP contribution in [-0.4, -0.2) is 17.2 Å². The Hall–Kier alpha value is -2.82. The van der Waals surface area contributed by atoms with Gasteiger partial charge in [0, 0.05) is 5.69 Å². The van der Waals surface area contributed by atoms with E-state index in [2.05, 4.69) is 5.32 Å². The largest absolute Gasteiger partial charge is 0.481 e. The Morgan fingerprint density at radius 1 is 1.05 bits per heavy atom. The van der Waals surface area contributed by atoms with Crippen LogP contribution in [0.3, 0.4) is 0 Å². The summed E-state index contributed by atoms with van der Waals surface area (Å²) in [5.41, 5.74) is 1.21. The van der Waals surface area contributed by atoms with Gasteiger partial charge in [0.05, 0.1) is 5.92 Å². The van der Waals surface area contributed by atoms with Gasteiger partial charge in [-0.3, -0.25) is 10.1 Å². The summed E-state index contributed by atoms with van der Waals surface area (Å²) in [7, 11) is 0. The van der Waals surface area contributed by atoms with Crippen LogP contribution in [0.15, 0.2) is 54.6 Å². The Balaban J connectivity index is 1.97. The van der Waals surface area contributed by atoms with E-state index in [1.54, 1.807) is 55.5 Å². The molecule has 0 fully saturated rings. The molecule has 5 nitrogen and oxygen atoms in total. The molecule has 1 unspecified atom stereocenters. The SMILES string of the molecule is CC(C(=O)O)c1ccc(NC(=O)Oc2ccccc2)cc1. The van der Waals surface area contributed by atoms with E-state index in [1.807, 2.05) is 6.07 Å². The molecule has 0 saturated carbocycles. The van der Waals surface area contributed by atoms with Gasteiger partial charge in [-0.1, -0.05) is 30.3 Å². The standard InChI is InChI=1S/C16H15NO4/c1-11(15(18)19)12-7-9-13(10-8-12)17-16(20)21-14-5-3-2-4-6-14/h2-11H,1H3,(H,17,20)(H,18,19). The summed E-state index contributed by atoms with van der Waals surface area (Å²) < 4.78 is 5.09. The highest BCUT2D eigenvalue weighted by Crippen LogP contribution is 2.18. The summed E-state index contributed by atoms with van der Waals surface area (Å²) in [4.78, 5) is 22.6. The molecule has 21 heavy (non-hydrogen) atoms. The molecule has 1 amide bonds. The third-order valence-electron chi connectivity index (χ3n) is 2.98. The summed E-state index contributed by atoms with van der Waals surface area (Å²) in [6.45, 7) is 1.61. The fourth-order valence-corrected chi connectivity index (χ4v) is 1.74. The lowest BCUT2D eigenvalue weighted by molar-refractivity contribution is -0.138. The Morgan fingerprint density at radius 3 is 2.24 bits per heavy atom. The number of para-hydroxylation sites is 1. The van der Waals surface area contributed by atoms with Gasteiger partial charge >= 0.3 is 12.1 Å². The number of benzene rings is 2. The van der Waals surface area contributed by atoms with Gasteiger partial charge < -0.3 is 9.84 Å². The number of nitrogens with one attached hydrogen (secondary N) is 1. The van der Waals surface area contributed by atoms with Gasteiger partial charge in [-0.05, 0) is 36.8 Å². The molecule has 0 spiro atoms. The highest BCUT2D eigenvalue weighted by molar-refractivity contribution is 5.86. The Bertz CT molecular complexity index is 622. The van der Waals surface area contributed by atoms with E-state index in [9.17, 15) is 9.59 Å². The number of anilines is 1. The summed E-state index contributed by atoms with van der Waals surface area (Å²) in [5.74, 6) is -1.03. The first-order valence-corrected chi connectivity index (χ1v) is 6.43. The lowest BCUT2D eigenvalue weighted by atomic mass is 10.0. The van der Waals surface area contributed by atoms with Crippen molar-refractivity contribution in [2.24, 2.45) is 0 Å². The lowest BCUT2D eigenvalue weighted by Gasteiger charge is -2.09. The van der Waals surface area contributed by atoms with E-state index >= 15 is 0 Å². The molecule has 0 heterocycles. The molecule has 0 aromatic heterocycles. The lowest BCUT2D eigenvalue weighted by Crippen LogP contribution is -2.16. The average molecular weight is 285 g/mol. The highest BCUT2D eigenvalue weighted by atomic mass is 16.6. The zero-order valence-corrected chi connectivity index (χ0v) is 11.4. The summed E-state index contributed by atoms with van der Waals surface area (Å²) in [6, 6.07) is 15.3. The quantitative estimate of drug-likeness (QED) is 0.901. The van der Waals surface area contributed by atoms with Crippen LogP contribution in [0.2, 0.25) is 0 Å². The third-order valence-corrected chi connectivity index (χ3v) is 2.98. The van der Waals surface area contributed by atoms with Crippen molar-refractivity contribution in [3.8, 4) is 5.75 Å². The molecule has 2 rings (SSSR count). The van der Waals surface area contributed by atoms with E-state index in [0.717, 1.165) is 0 Å². The molecule has 0 aliphatic heterocycles. The molecule has 2 N–H and O–H groups in total. The van der Waals surface area contributed by atoms with Crippen LogP contribution in [0.4, 0.5) is 10.5 Å². The molecular weight excluding hydrogens is 270 g/mol. The average Bonchev–Trinajstić information content (AvgIpc) is 2.48. The smallest absolute Gasteiger partial charge is 0.417 e. The molecule has 5 heteroatoms. The minimum atomic E-state index is -0.890. The van der Waals surface area contributed by atoms with Crippen LogP contribution in [0.5, 0.6) is 5.75 Å². The number of carboxylic acid groups (broad SMARTS) is 1. The number of rotatable bonds is 4. The number of hydrogen-bond acceptors (Lipinski definition) is 3. The van der Waals surface area contributed by atoms with Gasteiger partial charge in [0.1, 0.15) is 5.75 Å². The number of carbonyl (C=O) groups excluding carboxylic acids is 1. The fourth-order valence-electron chi connectivity index (χ4n) is 1.74. The second kappa shape index (κ2) is 6.56. The van der Waals surface area contributed by atoms with Crippen molar-refractivity contribution in [2.75, 3.05) is 5.32 Å². The minimum absolute atomic E-state index is 0.450. The van der Waals surface area contributed by atoms with E-state index in [1.165, 1.54) is 0 Å². The fraction of sp³-hybridized carbons (Fsp3) is 0.125. The Labute approximate surface area is 122 Å². The first kappa shape index (κ1) is 14.6. The Morgan fingerprint density at radius 2 is 1.67 bits per heavy atom. The Kier molecular flexibility index (Phi) is 4.56. The van der Waals surface area contributed by atoms with Gasteiger partial charge in [-0.15, -0.1) is 0 Å². The van der Waals surface area contributed by atoms with Crippen molar-refractivity contribution >= 4 is 17.7 Å². The van der Waals surface area contributed by atoms with Crippen molar-refractivity contribution in [1.29, 1.82) is 0 Å². The monoisotopic (exact) mass is 285 g/mol. The van der Waals surface area contributed by atoms with Crippen molar-refractivity contribution in [3.05, 3.63) is 60.2 Å². The van der Waals surface area contributed by atoms with Crippen LogP contribution < -0.4 is 10.1 Å². The topological polar surface area (TPSA) is 75.6 Å². The third kappa shape index (κ3) is 4.07. The molecule has 2 aromatic rings. The number of hydrogen-bond donors (Lipinski definition) is 2. The van der Waals surface area contributed by atoms with Crippen molar-refractivity contribution in [2.45, 2.75) is 12.8 Å². The molecule has 0 bridgehead atoms. The van der Waals surface area contributed by atoms with Crippen LogP contribution in [-0.2, 0) is 4.79 Å². The zero-order valence-electron chi connectivity index (χ0n) is 11.4. The second-order valence-electron chi connectivity index (χ2n) is 4.51. The number of carboxylic acids is 1. The molecular formula is C16H15NO4. The van der Waals surface area contributed by atoms with Crippen molar-refractivity contribution < 1.29 is 19.4 Å². The molecule has 108 valence electrons. The van der Waals surface area contributed by atoms with E-state index in [0.29, 0.717) is 17.0 Å². The normalized spacial score (nSPS) is 11.5. The first-order valence-electron chi connectivity index (χ1n) is 6.43. The second-order valence-corrected chi connectivity index (χ2v) is 4.51. The molecule has 0 radical (unpaired) electrons. The van der Waals surface area contributed by atoms with Gasteiger partial charge in [0.15, 0.2) is 0 Å². The number of carbonyl (C=O) groups is 2. The van der Waals surface area contributed by atoms with Crippen molar-refractivity contribution in [1.82, 2.24) is 0 Å². The maximum Gasteiger partial charge on any atom is 0.417 e. The van der Waals surface area contributed by atoms with Crippen LogP contribution in [0, 0.1) is 0 Å². The predicted octanol–water partition coefficient (Wildman–Crippen LogP) is 3.49. The summed E-state index contributed by atoms with van der Waals surface area (Å²) in [5, 5.41) is 11.5. The van der Waals surface area contributed by atoms with Gasteiger partial charge in [-0.2, -0.15) is 0 Å². The molecule has 1 atom stereocenters. The first-order chi connectivity index (χ1) is 10.1. The summed E-state index contributed by atoms with van der Waals surface area (Å²) >= 11 is 0. The molecule has 0 aliphatic carbocycles. The minimum Gasteiger partial charge on any atom is -0.481 e. The van der Waals surface area contributed by atoms with Crippen molar-refractivity contribution in [3.63, 3.8) is 0 Å². The van der Waals surface area contributed by atoms with E-state index in [4.69, 9.17) is 9.84 Å². The van der Waals surface area contributed by atoms with Crippen LogP contribution in [0.25, 0.3) is 0 Å². The maximum atomic E-state index is 11.7. The highest BCUT2D eigenvalue weighted by Gasteiger charge is 2.13. The zero-order chi connectivity index (χ0) is 15.2. The molecule has 0 aliphatic rings. The van der Waals surface area contributed by atoms with Gasteiger partial charge in [0.25, 0.3) is 0 Å². The number of amides is 1. The predicted molar refractivity (Wildman–Crippen MR) is 78.6 cm³/mol. The van der Waals surface area contributed by atoms with E-state index in [-0.39, 0.29) is 0 Å². The number of ether oxygens (including phenoxy) is 1. The molecule has 2 aromatic carbocycles. The summed E-state index contributed by atoms with van der Waals surface area (Å²) in [6.07, 6.45) is -0.597.